The number of ketones is 1. The van der Waals surface area contributed by atoms with Crippen LogP contribution in [0, 0.1) is 5.41 Å². The van der Waals surface area contributed by atoms with Crippen LogP contribution in [-0.2, 0) is 20.9 Å². The molecule has 104 valence electrons. The molecule has 0 aliphatic carbocycles. The number of pyridine rings is 1. The summed E-state index contributed by atoms with van der Waals surface area (Å²) in [6.45, 7) is 4.72. The van der Waals surface area contributed by atoms with Crippen molar-refractivity contribution in [2.75, 3.05) is 6.61 Å². The maximum Gasteiger partial charge on any atom is 0.319 e. The number of halogens is 1. The van der Waals surface area contributed by atoms with E-state index in [0.717, 1.165) is 0 Å². The van der Waals surface area contributed by atoms with Gasteiger partial charge < -0.3 is 9.30 Å². The largest absolute Gasteiger partial charge is 0.465 e. The normalized spacial score (nSPS) is 11.2. The zero-order valence-electron chi connectivity index (χ0n) is 11.1. The Balaban J connectivity index is 2.93. The van der Waals surface area contributed by atoms with Crippen LogP contribution in [0.25, 0.3) is 0 Å². The van der Waals surface area contributed by atoms with E-state index in [9.17, 15) is 14.4 Å². The Hall–Kier alpha value is -1.43. The van der Waals surface area contributed by atoms with Crippen molar-refractivity contribution in [3.63, 3.8) is 0 Å². The highest BCUT2D eigenvalue weighted by Gasteiger charge is 2.37. The van der Waals surface area contributed by atoms with Crippen LogP contribution in [0.15, 0.2) is 27.6 Å². The van der Waals surface area contributed by atoms with Crippen molar-refractivity contribution >= 4 is 27.7 Å². The molecule has 0 aromatic carbocycles. The summed E-state index contributed by atoms with van der Waals surface area (Å²) in [6, 6.07) is 3.25. The van der Waals surface area contributed by atoms with Crippen molar-refractivity contribution in [1.29, 1.82) is 0 Å². The third-order valence-corrected chi connectivity index (χ3v) is 3.37. The molecule has 1 heterocycles. The maximum absolute atomic E-state index is 12.1. The zero-order valence-corrected chi connectivity index (χ0v) is 12.7. The molecule has 0 aliphatic rings. The Morgan fingerprint density at radius 3 is 2.63 bits per heavy atom. The molecule has 0 spiro atoms. The lowest BCUT2D eigenvalue weighted by Crippen LogP contribution is -2.39. The van der Waals surface area contributed by atoms with Crippen molar-refractivity contribution in [3.8, 4) is 0 Å². The Bertz CT molecular complexity index is 548. The van der Waals surface area contributed by atoms with Gasteiger partial charge in [-0.05, 0) is 48.8 Å². The summed E-state index contributed by atoms with van der Waals surface area (Å²) >= 11 is 3.10. The van der Waals surface area contributed by atoms with Crippen molar-refractivity contribution < 1.29 is 14.3 Å². The highest BCUT2D eigenvalue weighted by Crippen LogP contribution is 2.19. The molecule has 0 aliphatic heterocycles. The molecule has 5 nitrogen and oxygen atoms in total. The third-order valence-electron chi connectivity index (χ3n) is 2.77. The molecule has 0 radical (unpaired) electrons. The van der Waals surface area contributed by atoms with Gasteiger partial charge in [0.05, 0.1) is 17.6 Å². The van der Waals surface area contributed by atoms with E-state index in [1.54, 1.807) is 19.1 Å². The monoisotopic (exact) mass is 329 g/mol. The number of rotatable bonds is 5. The predicted octanol–water partition coefficient (Wildman–Crippen LogP) is 1.77. The van der Waals surface area contributed by atoms with Crippen LogP contribution in [-0.4, -0.2) is 22.9 Å². The van der Waals surface area contributed by atoms with Crippen LogP contribution in [0.2, 0.25) is 0 Å². The minimum absolute atomic E-state index is 0.163. The van der Waals surface area contributed by atoms with Gasteiger partial charge in [0.25, 0.3) is 5.56 Å². The number of carbonyl (C=O) groups is 2. The number of hydrogen-bond donors (Lipinski definition) is 0. The van der Waals surface area contributed by atoms with Crippen LogP contribution >= 0.6 is 15.9 Å². The van der Waals surface area contributed by atoms with Crippen LogP contribution in [0.5, 0.6) is 0 Å². The maximum atomic E-state index is 12.1. The van der Waals surface area contributed by atoms with Gasteiger partial charge in [0.1, 0.15) is 5.41 Å². The highest BCUT2D eigenvalue weighted by molar-refractivity contribution is 9.10. The van der Waals surface area contributed by atoms with E-state index in [2.05, 4.69) is 15.9 Å². The van der Waals surface area contributed by atoms with Crippen molar-refractivity contribution in [2.24, 2.45) is 5.41 Å². The smallest absolute Gasteiger partial charge is 0.319 e. The molecule has 19 heavy (non-hydrogen) atoms. The van der Waals surface area contributed by atoms with Crippen LogP contribution < -0.4 is 5.56 Å². The molecule has 0 N–H and O–H groups in total. The van der Waals surface area contributed by atoms with Crippen LogP contribution in [0.3, 0.4) is 0 Å². The number of ether oxygens (including phenoxy) is 1. The summed E-state index contributed by atoms with van der Waals surface area (Å²) in [6.07, 6.45) is 1.51. The molecule has 0 atom stereocenters. The van der Waals surface area contributed by atoms with E-state index < -0.39 is 11.4 Å². The Labute approximate surface area is 119 Å². The first-order valence-electron chi connectivity index (χ1n) is 5.86. The molecule has 0 fully saturated rings. The summed E-state index contributed by atoms with van der Waals surface area (Å²) in [4.78, 5) is 35.6. The first-order valence-corrected chi connectivity index (χ1v) is 6.65. The first kappa shape index (κ1) is 15.6. The number of carbonyl (C=O) groups excluding carboxylic acids is 2. The Morgan fingerprint density at radius 2 is 2.05 bits per heavy atom. The second-order valence-corrected chi connectivity index (χ2v) is 5.41. The molecule has 1 aromatic rings. The SMILES string of the molecule is CCOC(=O)C(C)(C)C(=O)Cn1cccc(Br)c1=O. The van der Waals surface area contributed by atoms with Crippen molar-refractivity contribution in [3.05, 3.63) is 33.2 Å². The summed E-state index contributed by atoms with van der Waals surface area (Å²) in [7, 11) is 0. The second-order valence-electron chi connectivity index (χ2n) is 4.56. The average molecular weight is 330 g/mol. The third kappa shape index (κ3) is 3.53. The van der Waals surface area contributed by atoms with Gasteiger partial charge in [-0.15, -0.1) is 0 Å². The van der Waals surface area contributed by atoms with E-state index in [1.165, 1.54) is 24.6 Å². The summed E-state index contributed by atoms with van der Waals surface area (Å²) < 4.78 is 6.49. The lowest BCUT2D eigenvalue weighted by atomic mass is 9.88. The quantitative estimate of drug-likeness (QED) is 0.610. The van der Waals surface area contributed by atoms with Gasteiger partial charge in [-0.25, -0.2) is 0 Å². The van der Waals surface area contributed by atoms with Gasteiger partial charge in [0.15, 0.2) is 5.78 Å². The van der Waals surface area contributed by atoms with E-state index in [-0.39, 0.29) is 24.5 Å². The number of aromatic nitrogens is 1. The van der Waals surface area contributed by atoms with Gasteiger partial charge in [-0.3, -0.25) is 14.4 Å². The topological polar surface area (TPSA) is 65.4 Å². The molecule has 1 aromatic heterocycles. The van der Waals surface area contributed by atoms with E-state index in [4.69, 9.17) is 4.74 Å². The number of Topliss-reactive ketones (excluding diaryl/α,β-unsaturated/α-hetero) is 1. The molecular weight excluding hydrogens is 314 g/mol. The number of nitrogens with zero attached hydrogens (tertiary/aromatic N) is 1. The minimum atomic E-state index is -1.27. The molecule has 0 bridgehead atoms. The average Bonchev–Trinajstić information content (AvgIpc) is 2.35. The van der Waals surface area contributed by atoms with Crippen LogP contribution in [0.4, 0.5) is 0 Å². The summed E-state index contributed by atoms with van der Waals surface area (Å²) in [5, 5.41) is 0. The van der Waals surface area contributed by atoms with E-state index >= 15 is 0 Å². The Kier molecular flexibility index (Phi) is 5.05. The lowest BCUT2D eigenvalue weighted by Gasteiger charge is -2.21. The van der Waals surface area contributed by atoms with E-state index in [0.29, 0.717) is 4.47 Å². The van der Waals surface area contributed by atoms with Crippen molar-refractivity contribution in [2.45, 2.75) is 27.3 Å². The van der Waals surface area contributed by atoms with Gasteiger partial charge >= 0.3 is 5.97 Å². The van der Waals surface area contributed by atoms with Crippen molar-refractivity contribution in [1.82, 2.24) is 4.57 Å². The molecule has 0 saturated heterocycles. The van der Waals surface area contributed by atoms with Gasteiger partial charge in [0, 0.05) is 6.20 Å². The van der Waals surface area contributed by atoms with Gasteiger partial charge in [-0.2, -0.15) is 0 Å². The fourth-order valence-corrected chi connectivity index (χ4v) is 1.79. The second kappa shape index (κ2) is 6.14. The zero-order chi connectivity index (χ0) is 14.6. The molecular formula is C13H16BrNO4. The molecule has 6 heteroatoms. The van der Waals surface area contributed by atoms with Crippen LogP contribution in [0.1, 0.15) is 20.8 Å². The standard InChI is InChI=1S/C13H16BrNO4/c1-4-19-12(18)13(2,3)10(16)8-15-7-5-6-9(14)11(15)17/h5-7H,4,8H2,1-3H3. The molecule has 0 saturated carbocycles. The highest BCUT2D eigenvalue weighted by atomic mass is 79.9. The van der Waals surface area contributed by atoms with Gasteiger partial charge in [-0.1, -0.05) is 0 Å². The molecule has 0 unspecified atom stereocenters. The lowest BCUT2D eigenvalue weighted by molar-refractivity contribution is -0.158. The summed E-state index contributed by atoms with van der Waals surface area (Å²) in [5.41, 5.74) is -1.58. The Morgan fingerprint density at radius 1 is 1.42 bits per heavy atom. The number of hydrogen-bond acceptors (Lipinski definition) is 4. The van der Waals surface area contributed by atoms with Gasteiger partial charge in [0.2, 0.25) is 0 Å². The van der Waals surface area contributed by atoms with E-state index in [1.807, 2.05) is 0 Å². The first-order chi connectivity index (χ1) is 8.80. The summed E-state index contributed by atoms with van der Waals surface area (Å²) in [5.74, 6) is -0.950. The molecule has 1 rings (SSSR count). The fourth-order valence-electron chi connectivity index (χ4n) is 1.41. The minimum Gasteiger partial charge on any atom is -0.465 e. The fraction of sp³-hybridized carbons (Fsp3) is 0.462. The number of esters is 1. The predicted molar refractivity (Wildman–Crippen MR) is 73.8 cm³/mol. The molecule has 0 amide bonds.